The van der Waals surface area contributed by atoms with Crippen molar-refractivity contribution in [3.8, 4) is 0 Å². The average Bonchev–Trinajstić information content (AvgIpc) is 2.03. The summed E-state index contributed by atoms with van der Waals surface area (Å²) in [5.74, 6) is 2.31. The molecule has 1 heterocycles. The van der Waals surface area contributed by atoms with E-state index in [2.05, 4.69) is 9.97 Å². The van der Waals surface area contributed by atoms with Gasteiger partial charge in [0.25, 0.3) is 0 Å². The van der Waals surface area contributed by atoms with Gasteiger partial charge in [0.1, 0.15) is 11.8 Å². The molecule has 1 rings (SSSR count). The van der Waals surface area contributed by atoms with Gasteiger partial charge in [-0.15, -0.1) is 0 Å². The van der Waals surface area contributed by atoms with Crippen LogP contribution in [-0.2, 0) is 11.2 Å². The van der Waals surface area contributed by atoms with Crippen molar-refractivity contribution in [2.24, 2.45) is 0 Å². The normalized spacial score (nSPS) is 8.40. The molecule has 3 nitrogen and oxygen atoms in total. The van der Waals surface area contributed by atoms with Gasteiger partial charge in [-0.2, -0.15) is 0 Å². The molecule has 50 valence electrons. The van der Waals surface area contributed by atoms with Crippen molar-refractivity contribution in [1.82, 2.24) is 9.97 Å². The molecule has 0 N–H and O–H groups in total. The van der Waals surface area contributed by atoms with Crippen LogP contribution in [0.1, 0.15) is 5.82 Å². The Labute approximate surface area is 58.4 Å². The molecule has 0 bridgehead atoms. The van der Waals surface area contributed by atoms with E-state index in [4.69, 9.17) is 0 Å². The fraction of sp³-hybridized carbons (Fsp3) is 0.143. The zero-order valence-electron chi connectivity index (χ0n) is 5.32. The summed E-state index contributed by atoms with van der Waals surface area (Å²) in [5, 5.41) is 0. The van der Waals surface area contributed by atoms with Crippen LogP contribution in [-0.4, -0.2) is 15.9 Å². The minimum Gasteiger partial charge on any atom is -0.241 e. The fourth-order valence-corrected chi connectivity index (χ4v) is 0.568. The van der Waals surface area contributed by atoms with Gasteiger partial charge in [-0.1, -0.05) is 0 Å². The minimum atomic E-state index is 0.463. The molecular weight excluding hydrogens is 128 g/mol. The standard InChI is InChI=1S/C7H6N2O/c10-6-1-3-7-8-4-2-5-9-7/h1-2,4-5H,3H2. The van der Waals surface area contributed by atoms with Crippen LogP contribution in [0.2, 0.25) is 0 Å². The van der Waals surface area contributed by atoms with Crippen molar-refractivity contribution in [1.29, 1.82) is 0 Å². The number of aromatic nitrogens is 2. The minimum absolute atomic E-state index is 0.463. The Kier molecular flexibility index (Phi) is 2.35. The zero-order valence-corrected chi connectivity index (χ0v) is 5.32. The zero-order chi connectivity index (χ0) is 7.23. The summed E-state index contributed by atoms with van der Waals surface area (Å²) in [6.07, 6.45) is 5.10. The molecule has 0 atom stereocenters. The third-order valence-corrected chi connectivity index (χ3v) is 0.987. The Hall–Kier alpha value is -1.47. The Bertz CT molecular complexity index is 239. The van der Waals surface area contributed by atoms with Crippen LogP contribution in [0, 0.1) is 0 Å². The predicted molar refractivity (Wildman–Crippen MR) is 36.0 cm³/mol. The first kappa shape index (κ1) is 6.65. The van der Waals surface area contributed by atoms with Crippen LogP contribution < -0.4 is 0 Å². The lowest BCUT2D eigenvalue weighted by molar-refractivity contribution is 0.568. The van der Waals surface area contributed by atoms with E-state index in [1.165, 1.54) is 6.08 Å². The maximum Gasteiger partial charge on any atom is 0.132 e. The van der Waals surface area contributed by atoms with E-state index >= 15 is 0 Å². The van der Waals surface area contributed by atoms with Crippen molar-refractivity contribution in [2.45, 2.75) is 6.42 Å². The highest BCUT2D eigenvalue weighted by Crippen LogP contribution is 1.87. The molecule has 0 spiro atoms. The molecular formula is C7H6N2O. The molecule has 0 unspecified atom stereocenters. The molecule has 0 saturated carbocycles. The van der Waals surface area contributed by atoms with E-state index < -0.39 is 0 Å². The first-order chi connectivity index (χ1) is 4.93. The second-order valence-corrected chi connectivity index (χ2v) is 1.69. The molecule has 0 amide bonds. The van der Waals surface area contributed by atoms with Gasteiger partial charge in [-0.3, -0.25) is 0 Å². The smallest absolute Gasteiger partial charge is 0.132 e. The summed E-state index contributed by atoms with van der Waals surface area (Å²) < 4.78 is 0. The van der Waals surface area contributed by atoms with Gasteiger partial charge >= 0.3 is 0 Å². The fourth-order valence-electron chi connectivity index (χ4n) is 0.568. The van der Waals surface area contributed by atoms with E-state index in [1.54, 1.807) is 24.4 Å². The van der Waals surface area contributed by atoms with Crippen molar-refractivity contribution in [3.05, 3.63) is 30.4 Å². The lowest BCUT2D eigenvalue weighted by Gasteiger charge is -1.88. The van der Waals surface area contributed by atoms with Crippen molar-refractivity contribution >= 4 is 5.94 Å². The van der Waals surface area contributed by atoms with Gasteiger partial charge < -0.3 is 0 Å². The summed E-state index contributed by atoms with van der Waals surface area (Å²) in [5.41, 5.74) is 0. The molecule has 0 aliphatic heterocycles. The van der Waals surface area contributed by atoms with Crippen LogP contribution >= 0.6 is 0 Å². The van der Waals surface area contributed by atoms with Crippen molar-refractivity contribution in [3.63, 3.8) is 0 Å². The Morgan fingerprint density at radius 3 is 2.80 bits per heavy atom. The number of rotatable bonds is 2. The van der Waals surface area contributed by atoms with Crippen molar-refractivity contribution < 1.29 is 4.79 Å². The van der Waals surface area contributed by atoms with Crippen LogP contribution in [0.5, 0.6) is 0 Å². The molecule has 10 heavy (non-hydrogen) atoms. The molecule has 1 aromatic rings. The lowest BCUT2D eigenvalue weighted by Crippen LogP contribution is -1.89. The Balaban J connectivity index is 2.67. The quantitative estimate of drug-likeness (QED) is 0.550. The SMILES string of the molecule is O=C=CCc1ncccn1. The summed E-state index contributed by atoms with van der Waals surface area (Å²) in [7, 11) is 0. The van der Waals surface area contributed by atoms with Gasteiger partial charge in [0.05, 0.1) is 0 Å². The maximum absolute atomic E-state index is 9.74. The van der Waals surface area contributed by atoms with Gasteiger partial charge in [-0.25, -0.2) is 14.8 Å². The van der Waals surface area contributed by atoms with Crippen LogP contribution in [0.25, 0.3) is 0 Å². The summed E-state index contributed by atoms with van der Waals surface area (Å²) in [6.45, 7) is 0. The molecule has 0 fully saturated rings. The van der Waals surface area contributed by atoms with E-state index in [9.17, 15) is 4.79 Å². The third-order valence-electron chi connectivity index (χ3n) is 0.987. The monoisotopic (exact) mass is 134 g/mol. The van der Waals surface area contributed by atoms with Gasteiger partial charge in [-0.05, 0) is 6.07 Å². The molecule has 0 aromatic carbocycles. The summed E-state index contributed by atoms with van der Waals surface area (Å²) in [6, 6.07) is 1.73. The Morgan fingerprint density at radius 2 is 2.20 bits per heavy atom. The predicted octanol–water partition coefficient (Wildman–Crippen LogP) is 0.407. The van der Waals surface area contributed by atoms with Gasteiger partial charge in [0.2, 0.25) is 0 Å². The molecule has 0 aliphatic carbocycles. The Morgan fingerprint density at radius 1 is 1.50 bits per heavy atom. The number of hydrogen-bond acceptors (Lipinski definition) is 3. The third kappa shape index (κ3) is 1.80. The van der Waals surface area contributed by atoms with E-state index in [-0.39, 0.29) is 0 Å². The van der Waals surface area contributed by atoms with Crippen LogP contribution in [0.3, 0.4) is 0 Å². The summed E-state index contributed by atoms with van der Waals surface area (Å²) >= 11 is 0. The van der Waals surface area contributed by atoms with Crippen LogP contribution in [0.4, 0.5) is 0 Å². The molecule has 3 heteroatoms. The number of carbonyl (C=O) groups excluding carboxylic acids is 1. The molecule has 0 saturated heterocycles. The average molecular weight is 134 g/mol. The highest BCUT2D eigenvalue weighted by atomic mass is 16.1. The molecule has 0 radical (unpaired) electrons. The van der Waals surface area contributed by atoms with Crippen LogP contribution in [0.15, 0.2) is 24.5 Å². The maximum atomic E-state index is 9.74. The van der Waals surface area contributed by atoms with E-state index in [1.807, 2.05) is 0 Å². The second-order valence-electron chi connectivity index (χ2n) is 1.69. The second kappa shape index (κ2) is 3.54. The topological polar surface area (TPSA) is 42.9 Å². The highest BCUT2D eigenvalue weighted by Gasteiger charge is 1.87. The number of allylic oxidation sites excluding steroid dienone is 1. The lowest BCUT2D eigenvalue weighted by atomic mass is 10.4. The van der Waals surface area contributed by atoms with Crippen molar-refractivity contribution in [2.75, 3.05) is 0 Å². The molecule has 1 aromatic heterocycles. The first-order valence-corrected chi connectivity index (χ1v) is 2.88. The largest absolute Gasteiger partial charge is 0.241 e. The number of nitrogens with zero attached hydrogens (tertiary/aromatic N) is 2. The first-order valence-electron chi connectivity index (χ1n) is 2.88. The summed E-state index contributed by atoms with van der Waals surface area (Å²) in [4.78, 5) is 17.5. The molecule has 0 aliphatic rings. The van der Waals surface area contributed by atoms with E-state index in [0.717, 1.165) is 0 Å². The number of hydrogen-bond donors (Lipinski definition) is 0. The highest BCUT2D eigenvalue weighted by molar-refractivity contribution is 5.45. The van der Waals surface area contributed by atoms with Gasteiger partial charge in [0.15, 0.2) is 0 Å². The van der Waals surface area contributed by atoms with Gasteiger partial charge in [0, 0.05) is 24.9 Å². The van der Waals surface area contributed by atoms with E-state index in [0.29, 0.717) is 12.2 Å².